The van der Waals surface area contributed by atoms with Crippen LogP contribution in [0.1, 0.15) is 10.4 Å². The van der Waals surface area contributed by atoms with E-state index in [2.05, 4.69) is 20.9 Å². The lowest BCUT2D eigenvalue weighted by atomic mass is 10.2. The zero-order valence-electron chi connectivity index (χ0n) is 6.99. The molecule has 0 saturated heterocycles. The number of ketones is 1. The second kappa shape index (κ2) is 6.10. The number of Topliss-reactive ketones (excluding diaryl/α,β-unsaturated/α-hetero) is 1. The summed E-state index contributed by atoms with van der Waals surface area (Å²) in [7, 11) is 1.49. The van der Waals surface area contributed by atoms with E-state index in [1.807, 2.05) is 0 Å². The van der Waals surface area contributed by atoms with E-state index >= 15 is 0 Å². The predicted octanol–water partition coefficient (Wildman–Crippen LogP) is 2.25. The fraction of sp³-hybridized carbons (Fsp3) is 0.250. The van der Waals surface area contributed by atoms with Crippen LogP contribution in [0.5, 0.6) is 5.88 Å². The molecule has 0 fully saturated rings. The van der Waals surface area contributed by atoms with Crippen LogP contribution in [0.4, 0.5) is 0 Å². The molecule has 1 aromatic rings. The van der Waals surface area contributed by atoms with Gasteiger partial charge in [-0.25, -0.2) is 4.98 Å². The average molecular weight is 311 g/mol. The summed E-state index contributed by atoms with van der Waals surface area (Å²) in [6, 6.07) is 3.40. The minimum atomic E-state index is -0.0278. The minimum Gasteiger partial charge on any atom is -0.480 e. The molecule has 0 aliphatic carbocycles. The van der Waals surface area contributed by atoms with Crippen molar-refractivity contribution in [3.05, 3.63) is 23.9 Å². The first-order chi connectivity index (χ1) is 5.79. The smallest absolute Gasteiger partial charge is 0.224 e. The Labute approximate surface area is 95.4 Å². The molecule has 1 rings (SSSR count). The monoisotopic (exact) mass is 309 g/mol. The van der Waals surface area contributed by atoms with Crippen LogP contribution in [0, 0.1) is 0 Å². The summed E-state index contributed by atoms with van der Waals surface area (Å²) in [6.45, 7) is 0. The summed E-state index contributed by atoms with van der Waals surface area (Å²) < 4.78 is 4.92. The highest BCUT2D eigenvalue weighted by atomic mass is 79.9. The van der Waals surface area contributed by atoms with Crippen molar-refractivity contribution < 1.29 is 9.53 Å². The zero-order valence-corrected chi connectivity index (χ0v) is 10.3. The van der Waals surface area contributed by atoms with Crippen molar-refractivity contribution in [3.8, 4) is 5.88 Å². The van der Waals surface area contributed by atoms with Gasteiger partial charge in [0.05, 0.1) is 18.0 Å². The number of hydrogen-bond acceptors (Lipinski definition) is 3. The van der Waals surface area contributed by atoms with Gasteiger partial charge >= 0.3 is 0 Å². The molecule has 0 amide bonds. The lowest BCUT2D eigenvalue weighted by Gasteiger charge is -2.02. The maximum atomic E-state index is 11.2. The minimum absolute atomic E-state index is 0. The summed E-state index contributed by atoms with van der Waals surface area (Å²) in [5.74, 6) is 0.349. The number of alkyl halides is 1. The number of pyridine rings is 1. The Balaban J connectivity index is 0.00000144. The molecule has 1 aromatic heterocycles. The van der Waals surface area contributed by atoms with Gasteiger partial charge in [0.15, 0.2) is 5.78 Å². The number of nitrogens with zero attached hydrogens (tertiary/aromatic N) is 1. The first-order valence-corrected chi connectivity index (χ1v) is 4.50. The highest BCUT2D eigenvalue weighted by Gasteiger charge is 2.10. The van der Waals surface area contributed by atoms with Crippen LogP contribution in [0.2, 0.25) is 0 Å². The summed E-state index contributed by atoms with van der Waals surface area (Å²) >= 11 is 3.08. The molecule has 1 heterocycles. The number of aromatic nitrogens is 1. The number of methoxy groups -OCH3 is 1. The Morgan fingerprint density at radius 1 is 1.69 bits per heavy atom. The molecule has 0 spiro atoms. The summed E-state index contributed by atoms with van der Waals surface area (Å²) in [6.07, 6.45) is 1.59. The van der Waals surface area contributed by atoms with Crippen molar-refractivity contribution in [1.29, 1.82) is 0 Å². The van der Waals surface area contributed by atoms with Gasteiger partial charge in [0.25, 0.3) is 0 Å². The lowest BCUT2D eigenvalue weighted by molar-refractivity contribution is 0.102. The van der Waals surface area contributed by atoms with Crippen molar-refractivity contribution in [2.75, 3.05) is 12.4 Å². The van der Waals surface area contributed by atoms with Crippen LogP contribution in [-0.2, 0) is 0 Å². The van der Waals surface area contributed by atoms with E-state index in [1.54, 1.807) is 18.3 Å². The Kier molecular flexibility index (Phi) is 5.90. The quantitative estimate of drug-likeness (QED) is 0.635. The van der Waals surface area contributed by atoms with E-state index in [0.717, 1.165) is 0 Å². The number of carbonyl (C=O) groups excluding carboxylic acids is 1. The zero-order chi connectivity index (χ0) is 8.97. The molecule has 0 bridgehead atoms. The van der Waals surface area contributed by atoms with E-state index in [0.29, 0.717) is 11.4 Å². The van der Waals surface area contributed by atoms with Gasteiger partial charge in [0, 0.05) is 6.20 Å². The van der Waals surface area contributed by atoms with Crippen LogP contribution < -0.4 is 4.74 Å². The Morgan fingerprint density at radius 3 is 2.92 bits per heavy atom. The molecule has 0 unspecified atom stereocenters. The van der Waals surface area contributed by atoms with Gasteiger partial charge in [-0.1, -0.05) is 15.9 Å². The fourth-order valence-corrected chi connectivity index (χ4v) is 1.14. The SMILES string of the molecule is Br.COc1ncccc1C(=O)CBr. The molecule has 0 aliphatic rings. The first kappa shape index (κ1) is 12.6. The first-order valence-electron chi connectivity index (χ1n) is 3.37. The molecule has 0 atom stereocenters. The number of hydrogen-bond donors (Lipinski definition) is 0. The molecule has 0 aromatic carbocycles. The molecule has 3 nitrogen and oxygen atoms in total. The van der Waals surface area contributed by atoms with Crippen LogP contribution in [0.25, 0.3) is 0 Å². The standard InChI is InChI=1S/C8H8BrNO2.BrH/c1-12-8-6(7(11)5-9)3-2-4-10-8;/h2-4H,5H2,1H3;1H. The van der Waals surface area contributed by atoms with E-state index in [9.17, 15) is 4.79 Å². The van der Waals surface area contributed by atoms with Crippen molar-refractivity contribution in [2.24, 2.45) is 0 Å². The maximum absolute atomic E-state index is 11.2. The molecule has 72 valence electrons. The average Bonchev–Trinajstić information content (AvgIpc) is 2.16. The molecule has 0 saturated carbocycles. The van der Waals surface area contributed by atoms with E-state index in [-0.39, 0.29) is 28.1 Å². The summed E-state index contributed by atoms with van der Waals surface area (Å²) in [4.78, 5) is 15.1. The van der Waals surface area contributed by atoms with Gasteiger partial charge < -0.3 is 4.74 Å². The highest BCUT2D eigenvalue weighted by Crippen LogP contribution is 2.14. The fourth-order valence-electron chi connectivity index (χ4n) is 0.838. The maximum Gasteiger partial charge on any atom is 0.224 e. The van der Waals surface area contributed by atoms with Crippen molar-refractivity contribution >= 4 is 38.7 Å². The second-order valence-electron chi connectivity index (χ2n) is 2.12. The van der Waals surface area contributed by atoms with Crippen LogP contribution in [0.3, 0.4) is 0 Å². The van der Waals surface area contributed by atoms with Crippen molar-refractivity contribution in [1.82, 2.24) is 4.98 Å². The number of halogens is 2. The largest absolute Gasteiger partial charge is 0.480 e. The summed E-state index contributed by atoms with van der Waals surface area (Å²) in [5.41, 5.74) is 0.511. The van der Waals surface area contributed by atoms with Gasteiger partial charge in [-0.05, 0) is 12.1 Å². The highest BCUT2D eigenvalue weighted by molar-refractivity contribution is 9.09. The predicted molar refractivity (Wildman–Crippen MR) is 59.2 cm³/mol. The molecule has 0 N–H and O–H groups in total. The molecule has 13 heavy (non-hydrogen) atoms. The molecular formula is C8H9Br2NO2. The number of ether oxygens (including phenoxy) is 1. The van der Waals surface area contributed by atoms with Gasteiger partial charge in [-0.2, -0.15) is 0 Å². The normalized spacial score (nSPS) is 8.77. The third-order valence-corrected chi connectivity index (χ3v) is 1.90. The molecule has 0 radical (unpaired) electrons. The lowest BCUT2D eigenvalue weighted by Crippen LogP contribution is -2.03. The van der Waals surface area contributed by atoms with Gasteiger partial charge in [-0.15, -0.1) is 17.0 Å². The molecule has 5 heteroatoms. The topological polar surface area (TPSA) is 39.2 Å². The van der Waals surface area contributed by atoms with Gasteiger partial charge in [-0.3, -0.25) is 4.79 Å². The molecule has 0 aliphatic heterocycles. The van der Waals surface area contributed by atoms with Gasteiger partial charge in [0.1, 0.15) is 0 Å². The second-order valence-corrected chi connectivity index (χ2v) is 2.68. The third-order valence-electron chi connectivity index (χ3n) is 1.39. The Morgan fingerprint density at radius 2 is 2.38 bits per heavy atom. The Hall–Kier alpha value is -0.420. The van der Waals surface area contributed by atoms with Crippen LogP contribution >= 0.6 is 32.9 Å². The molecular weight excluding hydrogens is 302 g/mol. The number of rotatable bonds is 3. The summed E-state index contributed by atoms with van der Waals surface area (Å²) in [5, 5.41) is 0.287. The van der Waals surface area contributed by atoms with E-state index in [1.165, 1.54) is 7.11 Å². The third kappa shape index (κ3) is 3.08. The van der Waals surface area contributed by atoms with Gasteiger partial charge in [0.2, 0.25) is 5.88 Å². The Bertz CT molecular complexity index is 291. The van der Waals surface area contributed by atoms with Crippen molar-refractivity contribution in [3.63, 3.8) is 0 Å². The van der Waals surface area contributed by atoms with E-state index in [4.69, 9.17) is 4.74 Å². The van der Waals surface area contributed by atoms with Crippen molar-refractivity contribution in [2.45, 2.75) is 0 Å². The van der Waals surface area contributed by atoms with Crippen LogP contribution in [-0.4, -0.2) is 23.2 Å². The van der Waals surface area contributed by atoms with Crippen LogP contribution in [0.15, 0.2) is 18.3 Å². The number of carbonyl (C=O) groups is 1. The van der Waals surface area contributed by atoms with E-state index < -0.39 is 0 Å².